The number of fused-ring (bicyclic) bond motifs is 5. The number of ether oxygens (including phenoxy) is 1. The number of carbonyl (C=O) groups is 1. The second-order valence-electron chi connectivity index (χ2n) is 10.6. The Kier molecular flexibility index (Phi) is 4.27. The summed E-state index contributed by atoms with van der Waals surface area (Å²) in [6, 6.07) is 4.16. The number of hydrogen-bond acceptors (Lipinski definition) is 3. The Labute approximate surface area is 164 Å². The van der Waals surface area contributed by atoms with Crippen LogP contribution in [0.5, 0.6) is 5.75 Å². The van der Waals surface area contributed by atoms with Gasteiger partial charge in [-0.1, -0.05) is 34.1 Å². The highest BCUT2D eigenvalue weighted by Crippen LogP contribution is 2.67. The summed E-state index contributed by atoms with van der Waals surface area (Å²) in [5, 5.41) is 0. The fraction of sp³-hybridized carbons (Fsp3) is 0.708. The molecule has 4 rings (SSSR count). The third kappa shape index (κ3) is 2.68. The molecule has 3 aliphatic carbocycles. The summed E-state index contributed by atoms with van der Waals surface area (Å²) in [5.74, 6) is 1.78. The molecule has 0 unspecified atom stereocenters. The van der Waals surface area contributed by atoms with Crippen LogP contribution in [0.25, 0.3) is 0 Å². The van der Waals surface area contributed by atoms with Gasteiger partial charge in [0.2, 0.25) is 0 Å². The maximum absolute atomic E-state index is 11.7. The molecule has 148 valence electrons. The van der Waals surface area contributed by atoms with Crippen LogP contribution < -0.4 is 10.5 Å². The van der Waals surface area contributed by atoms with Crippen molar-refractivity contribution in [3.05, 3.63) is 28.8 Å². The lowest BCUT2D eigenvalue weighted by Crippen LogP contribution is -2.55. The van der Waals surface area contributed by atoms with Crippen LogP contribution in [0.3, 0.4) is 0 Å². The zero-order chi connectivity index (χ0) is 19.6. The SMILES string of the molecule is Cc1cc(OC(=O)CN)cc2c1[C@]1(C)CC[C@H]3C(C)(C)CCC[C@]3(C)[C@H]1C2. The second-order valence-corrected chi connectivity index (χ2v) is 10.6. The van der Waals surface area contributed by atoms with Gasteiger partial charge < -0.3 is 10.5 Å². The largest absolute Gasteiger partial charge is 0.426 e. The summed E-state index contributed by atoms with van der Waals surface area (Å²) in [6.07, 6.45) is 7.78. The number of esters is 1. The van der Waals surface area contributed by atoms with Crippen molar-refractivity contribution < 1.29 is 9.53 Å². The summed E-state index contributed by atoms with van der Waals surface area (Å²) < 4.78 is 5.46. The van der Waals surface area contributed by atoms with Gasteiger partial charge in [0.25, 0.3) is 0 Å². The first kappa shape index (κ1) is 19.0. The van der Waals surface area contributed by atoms with E-state index < -0.39 is 0 Å². The second kappa shape index (κ2) is 6.07. The first-order valence-corrected chi connectivity index (χ1v) is 10.7. The van der Waals surface area contributed by atoms with E-state index in [0.717, 1.165) is 12.3 Å². The summed E-state index contributed by atoms with van der Waals surface area (Å²) in [4.78, 5) is 11.7. The van der Waals surface area contributed by atoms with Gasteiger partial charge in [-0.3, -0.25) is 4.79 Å². The van der Waals surface area contributed by atoms with Gasteiger partial charge in [-0.05, 0) is 95.9 Å². The third-order valence-electron chi connectivity index (χ3n) is 8.58. The molecule has 1 aromatic rings. The molecule has 0 aromatic heterocycles. The minimum absolute atomic E-state index is 0.0781. The lowest BCUT2D eigenvalue weighted by atomic mass is 9.43. The van der Waals surface area contributed by atoms with Gasteiger partial charge in [0.15, 0.2) is 0 Å². The number of nitrogens with two attached hydrogens (primary N) is 1. The molecule has 27 heavy (non-hydrogen) atoms. The van der Waals surface area contributed by atoms with Gasteiger partial charge in [-0.15, -0.1) is 0 Å². The lowest BCUT2D eigenvalue weighted by Gasteiger charge is -2.61. The molecule has 2 saturated carbocycles. The first-order chi connectivity index (χ1) is 12.6. The predicted octanol–water partition coefficient (Wildman–Crippen LogP) is 4.92. The molecule has 1 aromatic carbocycles. The Morgan fingerprint density at radius 3 is 2.59 bits per heavy atom. The highest BCUT2D eigenvalue weighted by Gasteiger charge is 2.61. The highest BCUT2D eigenvalue weighted by molar-refractivity contribution is 5.74. The van der Waals surface area contributed by atoms with E-state index in [9.17, 15) is 4.79 Å². The molecule has 2 N–H and O–H groups in total. The molecule has 0 saturated heterocycles. The maximum Gasteiger partial charge on any atom is 0.325 e. The van der Waals surface area contributed by atoms with Crippen molar-refractivity contribution in [1.82, 2.24) is 0 Å². The summed E-state index contributed by atoms with van der Waals surface area (Å²) >= 11 is 0. The van der Waals surface area contributed by atoms with Crippen LogP contribution >= 0.6 is 0 Å². The fourth-order valence-electron chi connectivity index (χ4n) is 7.66. The predicted molar refractivity (Wildman–Crippen MR) is 109 cm³/mol. The molecule has 3 nitrogen and oxygen atoms in total. The number of benzene rings is 1. The van der Waals surface area contributed by atoms with Gasteiger partial charge in [-0.25, -0.2) is 0 Å². The fourth-order valence-corrected chi connectivity index (χ4v) is 7.66. The Morgan fingerprint density at radius 2 is 1.89 bits per heavy atom. The van der Waals surface area contributed by atoms with E-state index in [1.165, 1.54) is 48.8 Å². The molecule has 4 atom stereocenters. The number of rotatable bonds is 2. The Hall–Kier alpha value is -1.35. The minimum atomic E-state index is -0.364. The van der Waals surface area contributed by atoms with Gasteiger partial charge >= 0.3 is 5.97 Å². The lowest BCUT2D eigenvalue weighted by molar-refractivity contribution is -0.132. The standard InChI is InChI=1S/C24H35NO2/c1-15-11-17(27-20(26)14-25)12-16-13-19-23(4)9-6-8-22(2,3)18(23)7-10-24(19,5)21(15)16/h11-12,18-19H,6-10,13-14,25H2,1-5H3/t18-,19+,23-,24+/m0/s1. The molecule has 0 spiro atoms. The van der Waals surface area contributed by atoms with Crippen molar-refractivity contribution in [2.24, 2.45) is 28.4 Å². The van der Waals surface area contributed by atoms with E-state index in [2.05, 4.69) is 40.7 Å². The van der Waals surface area contributed by atoms with E-state index in [1.807, 2.05) is 6.07 Å². The van der Waals surface area contributed by atoms with E-state index in [1.54, 1.807) is 0 Å². The molecule has 0 bridgehead atoms. The molecular weight excluding hydrogens is 334 g/mol. The van der Waals surface area contributed by atoms with E-state index in [-0.39, 0.29) is 17.9 Å². The molecule has 3 aliphatic rings. The van der Waals surface area contributed by atoms with E-state index >= 15 is 0 Å². The Balaban J connectivity index is 1.75. The molecule has 0 aliphatic heterocycles. The normalized spacial score (nSPS) is 36.5. The van der Waals surface area contributed by atoms with Gasteiger partial charge in [0, 0.05) is 0 Å². The van der Waals surface area contributed by atoms with Crippen molar-refractivity contribution in [2.45, 2.75) is 78.6 Å². The van der Waals surface area contributed by atoms with Crippen LogP contribution in [0, 0.1) is 29.6 Å². The van der Waals surface area contributed by atoms with Crippen molar-refractivity contribution in [3.63, 3.8) is 0 Å². The van der Waals surface area contributed by atoms with Crippen molar-refractivity contribution >= 4 is 5.97 Å². The molecule has 3 heteroatoms. The molecule has 0 radical (unpaired) electrons. The Morgan fingerprint density at radius 1 is 1.15 bits per heavy atom. The van der Waals surface area contributed by atoms with Crippen LogP contribution in [0.4, 0.5) is 0 Å². The zero-order valence-corrected chi connectivity index (χ0v) is 17.7. The third-order valence-corrected chi connectivity index (χ3v) is 8.58. The van der Waals surface area contributed by atoms with Crippen LogP contribution in [-0.2, 0) is 16.6 Å². The van der Waals surface area contributed by atoms with E-state index in [4.69, 9.17) is 10.5 Å². The summed E-state index contributed by atoms with van der Waals surface area (Å²) in [7, 11) is 0. The number of aryl methyl sites for hydroxylation is 1. The quantitative estimate of drug-likeness (QED) is 0.595. The van der Waals surface area contributed by atoms with Crippen molar-refractivity contribution in [3.8, 4) is 5.75 Å². The molecule has 0 heterocycles. The maximum atomic E-state index is 11.7. The van der Waals surface area contributed by atoms with Gasteiger partial charge in [-0.2, -0.15) is 0 Å². The van der Waals surface area contributed by atoms with Crippen LogP contribution in [0.2, 0.25) is 0 Å². The smallest absolute Gasteiger partial charge is 0.325 e. The van der Waals surface area contributed by atoms with Crippen LogP contribution in [0.1, 0.15) is 76.5 Å². The molecule has 0 amide bonds. The van der Waals surface area contributed by atoms with Crippen molar-refractivity contribution in [1.29, 1.82) is 0 Å². The molecular formula is C24H35NO2. The van der Waals surface area contributed by atoms with E-state index in [0.29, 0.717) is 22.5 Å². The number of hydrogen-bond donors (Lipinski definition) is 1. The number of carbonyl (C=O) groups excluding carboxylic acids is 1. The summed E-state index contributed by atoms with van der Waals surface area (Å²) in [5.41, 5.74) is 10.7. The topological polar surface area (TPSA) is 52.3 Å². The highest BCUT2D eigenvalue weighted by atomic mass is 16.5. The first-order valence-electron chi connectivity index (χ1n) is 10.7. The molecule has 2 fully saturated rings. The minimum Gasteiger partial charge on any atom is -0.426 e. The van der Waals surface area contributed by atoms with Crippen LogP contribution in [0.15, 0.2) is 12.1 Å². The van der Waals surface area contributed by atoms with Crippen LogP contribution in [-0.4, -0.2) is 12.5 Å². The average molecular weight is 370 g/mol. The van der Waals surface area contributed by atoms with Crippen molar-refractivity contribution in [2.75, 3.05) is 6.54 Å². The average Bonchev–Trinajstić information content (AvgIpc) is 2.88. The zero-order valence-electron chi connectivity index (χ0n) is 17.7. The van der Waals surface area contributed by atoms with Gasteiger partial charge in [0.05, 0.1) is 6.54 Å². The van der Waals surface area contributed by atoms with Gasteiger partial charge in [0.1, 0.15) is 5.75 Å². The monoisotopic (exact) mass is 369 g/mol. The summed E-state index contributed by atoms with van der Waals surface area (Å²) in [6.45, 7) is 12.2. The Bertz CT molecular complexity index is 783.